The number of ether oxygens (including phenoxy) is 2. The fraction of sp³-hybridized carbons (Fsp3) is 0.212. The van der Waals surface area contributed by atoms with Gasteiger partial charge in [-0.2, -0.15) is 4.31 Å². The summed E-state index contributed by atoms with van der Waals surface area (Å²) in [5, 5.41) is 3.60. The quantitative estimate of drug-likeness (QED) is 0.251. The summed E-state index contributed by atoms with van der Waals surface area (Å²) in [5.74, 6) is -0.591. The summed E-state index contributed by atoms with van der Waals surface area (Å²) in [4.78, 5) is 26.4. The minimum atomic E-state index is -3.77. The van der Waals surface area contributed by atoms with Crippen LogP contribution < -0.4 is 10.2 Å². The SMILES string of the molecule is CCN(CC)S(=O)(=O)c1cccc(C(=O)OCC(=O)N2NC(c3ccc4ccccc4c3)=C[C@H]2c2ccc(OC)cc2)c1. The molecule has 43 heavy (non-hydrogen) atoms. The number of nitrogens with one attached hydrogen (secondary N) is 1. The molecule has 9 nitrogen and oxygen atoms in total. The van der Waals surface area contributed by atoms with E-state index in [1.54, 1.807) is 21.0 Å². The maximum Gasteiger partial charge on any atom is 0.338 e. The Morgan fingerprint density at radius 2 is 1.60 bits per heavy atom. The van der Waals surface area contributed by atoms with E-state index in [1.807, 2.05) is 72.8 Å². The fourth-order valence-electron chi connectivity index (χ4n) is 5.03. The molecule has 4 aromatic rings. The molecule has 0 bridgehead atoms. The molecule has 0 aliphatic carbocycles. The number of methoxy groups -OCH3 is 1. The van der Waals surface area contributed by atoms with Crippen molar-refractivity contribution in [2.24, 2.45) is 0 Å². The topological polar surface area (TPSA) is 105 Å². The third-order valence-corrected chi connectivity index (χ3v) is 9.42. The van der Waals surface area contributed by atoms with E-state index < -0.39 is 34.5 Å². The smallest absolute Gasteiger partial charge is 0.338 e. The Hall–Kier alpha value is -4.67. The molecular formula is C33H33N3O6S. The maximum absolute atomic E-state index is 13.5. The summed E-state index contributed by atoms with van der Waals surface area (Å²) >= 11 is 0. The van der Waals surface area contributed by atoms with Gasteiger partial charge in [-0.3, -0.25) is 10.2 Å². The van der Waals surface area contributed by atoms with Crippen molar-refractivity contribution in [3.63, 3.8) is 0 Å². The van der Waals surface area contributed by atoms with Crippen molar-refractivity contribution in [3.8, 4) is 5.75 Å². The summed E-state index contributed by atoms with van der Waals surface area (Å²) in [7, 11) is -2.18. The lowest BCUT2D eigenvalue weighted by Crippen LogP contribution is -2.42. The molecule has 0 unspecified atom stereocenters. The number of carbonyl (C=O) groups is 2. The summed E-state index contributed by atoms with van der Waals surface area (Å²) in [5.41, 5.74) is 5.71. The highest BCUT2D eigenvalue weighted by molar-refractivity contribution is 7.89. The Balaban J connectivity index is 1.36. The van der Waals surface area contributed by atoms with Crippen LogP contribution in [0.5, 0.6) is 5.75 Å². The third kappa shape index (κ3) is 6.25. The Labute approximate surface area is 251 Å². The molecule has 0 saturated carbocycles. The standard InChI is InChI=1S/C33H33N3O6S/c1-4-35(5-2)43(39,40)29-12-8-11-27(20-29)33(38)42-22-32(37)36-31(24-15-17-28(41-3)18-16-24)21-30(34-36)26-14-13-23-9-6-7-10-25(23)19-26/h6-21,31,34H,4-5,22H2,1-3H3/t31-/m0/s1. The van der Waals surface area contributed by atoms with Crippen LogP contribution in [-0.4, -0.2) is 56.4 Å². The Kier molecular flexibility index (Phi) is 8.79. The minimum Gasteiger partial charge on any atom is -0.497 e. The van der Waals surface area contributed by atoms with Gasteiger partial charge in [0.15, 0.2) is 6.61 Å². The molecule has 0 spiro atoms. The number of amides is 1. The van der Waals surface area contributed by atoms with E-state index in [4.69, 9.17) is 9.47 Å². The molecule has 1 atom stereocenters. The van der Waals surface area contributed by atoms with Gasteiger partial charge in [0, 0.05) is 13.1 Å². The molecule has 10 heteroatoms. The van der Waals surface area contributed by atoms with Crippen molar-refractivity contribution in [2.75, 3.05) is 26.8 Å². The summed E-state index contributed by atoms with van der Waals surface area (Å²) in [6.07, 6.45) is 1.95. The number of benzene rings is 4. The molecule has 222 valence electrons. The zero-order chi connectivity index (χ0) is 30.6. The highest BCUT2D eigenvalue weighted by atomic mass is 32.2. The van der Waals surface area contributed by atoms with Crippen LogP contribution in [0.15, 0.2) is 102 Å². The molecule has 1 N–H and O–H groups in total. The maximum atomic E-state index is 13.5. The van der Waals surface area contributed by atoms with Crippen LogP contribution in [0.3, 0.4) is 0 Å². The number of sulfonamides is 1. The van der Waals surface area contributed by atoms with Crippen LogP contribution >= 0.6 is 0 Å². The Morgan fingerprint density at radius 1 is 0.884 bits per heavy atom. The lowest BCUT2D eigenvalue weighted by Gasteiger charge is -2.25. The number of esters is 1. The average Bonchev–Trinajstić information content (AvgIpc) is 3.49. The zero-order valence-corrected chi connectivity index (χ0v) is 25.0. The molecule has 1 aliphatic rings. The van der Waals surface area contributed by atoms with Crippen molar-refractivity contribution < 1.29 is 27.5 Å². The normalized spacial score (nSPS) is 14.8. The van der Waals surface area contributed by atoms with E-state index >= 15 is 0 Å². The number of hydrogen-bond acceptors (Lipinski definition) is 7. The van der Waals surface area contributed by atoms with Gasteiger partial charge in [-0.15, -0.1) is 0 Å². The number of fused-ring (bicyclic) bond motifs is 1. The lowest BCUT2D eigenvalue weighted by molar-refractivity contribution is -0.137. The van der Waals surface area contributed by atoms with Crippen LogP contribution in [0.25, 0.3) is 16.5 Å². The van der Waals surface area contributed by atoms with Crippen LogP contribution in [0.4, 0.5) is 0 Å². The third-order valence-electron chi connectivity index (χ3n) is 7.37. The molecular weight excluding hydrogens is 566 g/mol. The first-order chi connectivity index (χ1) is 20.7. The number of nitrogens with zero attached hydrogens (tertiary/aromatic N) is 2. The van der Waals surface area contributed by atoms with E-state index in [-0.39, 0.29) is 10.5 Å². The lowest BCUT2D eigenvalue weighted by atomic mass is 10.0. The second-order valence-corrected chi connectivity index (χ2v) is 11.9. The van der Waals surface area contributed by atoms with Gasteiger partial charge in [-0.1, -0.05) is 68.4 Å². The highest BCUT2D eigenvalue weighted by Gasteiger charge is 2.32. The predicted octanol–water partition coefficient (Wildman–Crippen LogP) is 5.16. The fourth-order valence-corrected chi connectivity index (χ4v) is 6.53. The van der Waals surface area contributed by atoms with Gasteiger partial charge in [0.05, 0.1) is 29.3 Å². The van der Waals surface area contributed by atoms with E-state index in [0.717, 1.165) is 27.6 Å². The number of hydrogen-bond donors (Lipinski definition) is 1. The highest BCUT2D eigenvalue weighted by Crippen LogP contribution is 2.33. The number of hydrazine groups is 1. The molecule has 1 aliphatic heterocycles. The van der Waals surface area contributed by atoms with E-state index in [1.165, 1.54) is 33.6 Å². The van der Waals surface area contributed by atoms with Gasteiger partial charge < -0.3 is 9.47 Å². The Bertz CT molecular complexity index is 1780. The van der Waals surface area contributed by atoms with Gasteiger partial charge in [0.2, 0.25) is 10.0 Å². The molecule has 5 rings (SSSR count). The molecule has 0 fully saturated rings. The van der Waals surface area contributed by atoms with E-state index in [9.17, 15) is 18.0 Å². The van der Waals surface area contributed by atoms with Crippen LogP contribution in [0, 0.1) is 0 Å². The summed E-state index contributed by atoms with van der Waals surface area (Å²) in [6.45, 7) is 3.54. The second-order valence-electron chi connectivity index (χ2n) is 9.93. The first kappa shape index (κ1) is 29.8. The van der Waals surface area contributed by atoms with Crippen molar-refractivity contribution in [1.29, 1.82) is 0 Å². The van der Waals surface area contributed by atoms with Gasteiger partial charge in [-0.25, -0.2) is 18.2 Å². The largest absolute Gasteiger partial charge is 0.497 e. The minimum absolute atomic E-state index is 0.0121. The van der Waals surface area contributed by atoms with E-state index in [0.29, 0.717) is 18.8 Å². The van der Waals surface area contributed by atoms with Crippen molar-refractivity contribution in [2.45, 2.75) is 24.8 Å². The van der Waals surface area contributed by atoms with Crippen molar-refractivity contribution in [1.82, 2.24) is 14.7 Å². The number of carbonyl (C=O) groups excluding carboxylic acids is 2. The molecule has 1 heterocycles. The van der Waals surface area contributed by atoms with Crippen LogP contribution in [-0.2, 0) is 19.6 Å². The Morgan fingerprint density at radius 3 is 2.30 bits per heavy atom. The first-order valence-electron chi connectivity index (χ1n) is 14.0. The molecule has 1 amide bonds. The van der Waals surface area contributed by atoms with Gasteiger partial charge >= 0.3 is 5.97 Å². The first-order valence-corrected chi connectivity index (χ1v) is 15.4. The molecule has 4 aromatic carbocycles. The summed E-state index contributed by atoms with van der Waals surface area (Å²) < 4.78 is 37.8. The molecule has 0 radical (unpaired) electrons. The number of rotatable bonds is 10. The van der Waals surface area contributed by atoms with Crippen molar-refractivity contribution >= 4 is 38.4 Å². The van der Waals surface area contributed by atoms with Crippen LogP contribution in [0.1, 0.15) is 41.4 Å². The molecule has 0 aromatic heterocycles. The van der Waals surface area contributed by atoms with Gasteiger partial charge in [-0.05, 0) is 64.4 Å². The van der Waals surface area contributed by atoms with Crippen molar-refractivity contribution in [3.05, 3.63) is 114 Å². The van der Waals surface area contributed by atoms with Crippen LogP contribution in [0.2, 0.25) is 0 Å². The monoisotopic (exact) mass is 599 g/mol. The van der Waals surface area contributed by atoms with Gasteiger partial charge in [0.1, 0.15) is 5.75 Å². The second kappa shape index (κ2) is 12.7. The summed E-state index contributed by atoms with van der Waals surface area (Å²) in [6, 6.07) is 26.6. The molecule has 0 saturated heterocycles. The average molecular weight is 600 g/mol. The van der Waals surface area contributed by atoms with Gasteiger partial charge in [0.25, 0.3) is 5.91 Å². The predicted molar refractivity (Wildman–Crippen MR) is 164 cm³/mol. The van der Waals surface area contributed by atoms with E-state index in [2.05, 4.69) is 5.43 Å². The zero-order valence-electron chi connectivity index (χ0n) is 24.2.